The van der Waals surface area contributed by atoms with E-state index < -0.39 is 0 Å². The Labute approximate surface area is 56.6 Å². The summed E-state index contributed by atoms with van der Waals surface area (Å²) in [5.41, 5.74) is 0.972. The van der Waals surface area contributed by atoms with Crippen LogP contribution < -0.4 is 0 Å². The third-order valence-electron chi connectivity index (χ3n) is 4.08. The Bertz CT molecular complexity index is 159. The van der Waals surface area contributed by atoms with Crippen LogP contribution in [-0.4, -0.2) is 0 Å². The van der Waals surface area contributed by atoms with Crippen molar-refractivity contribution >= 4 is 0 Å². The molecule has 0 aromatic rings. The summed E-state index contributed by atoms with van der Waals surface area (Å²) in [7, 11) is 0. The van der Waals surface area contributed by atoms with E-state index in [1.807, 2.05) is 0 Å². The van der Waals surface area contributed by atoms with Gasteiger partial charge in [0.25, 0.3) is 0 Å². The summed E-state index contributed by atoms with van der Waals surface area (Å²) in [5, 5.41) is 0. The second-order valence-electron chi connectivity index (χ2n) is 4.61. The first-order chi connectivity index (χ1) is 4.31. The zero-order valence-corrected chi connectivity index (χ0v) is 6.06. The summed E-state index contributed by atoms with van der Waals surface area (Å²) in [6.07, 6.45) is 6.37. The van der Waals surface area contributed by atoms with Crippen molar-refractivity contribution in [3.8, 4) is 0 Å². The van der Waals surface area contributed by atoms with Crippen molar-refractivity contribution in [2.24, 2.45) is 23.2 Å². The zero-order chi connectivity index (χ0) is 6.06. The third-order valence-corrected chi connectivity index (χ3v) is 4.08. The first-order valence-corrected chi connectivity index (χ1v) is 4.31. The van der Waals surface area contributed by atoms with E-state index in [0.717, 1.165) is 11.3 Å². The Balaban J connectivity index is 1.93. The Morgan fingerprint density at radius 1 is 1.11 bits per heavy atom. The quantitative estimate of drug-likeness (QED) is 0.463. The molecule has 0 saturated heterocycles. The van der Waals surface area contributed by atoms with Crippen LogP contribution in [0.3, 0.4) is 0 Å². The van der Waals surface area contributed by atoms with Gasteiger partial charge in [-0.2, -0.15) is 0 Å². The molecule has 50 valence electrons. The molecule has 3 aliphatic carbocycles. The Morgan fingerprint density at radius 2 is 2.00 bits per heavy atom. The van der Waals surface area contributed by atoms with E-state index in [1.54, 1.807) is 25.7 Å². The van der Waals surface area contributed by atoms with Crippen LogP contribution in [0.1, 0.15) is 32.6 Å². The zero-order valence-electron chi connectivity index (χ0n) is 6.06. The van der Waals surface area contributed by atoms with E-state index in [-0.39, 0.29) is 0 Å². The molecule has 0 nitrogen and oxygen atoms in total. The lowest BCUT2D eigenvalue weighted by Gasteiger charge is -2.29. The van der Waals surface area contributed by atoms with Crippen molar-refractivity contribution in [3.05, 3.63) is 0 Å². The summed E-state index contributed by atoms with van der Waals surface area (Å²) in [5.74, 6) is 3.48. The average Bonchev–Trinajstić information content (AvgIpc) is 2.20. The molecule has 0 aromatic heterocycles. The molecular formula is C9H14. The minimum Gasteiger partial charge on any atom is -0.0625 e. The van der Waals surface area contributed by atoms with E-state index in [4.69, 9.17) is 0 Å². The van der Waals surface area contributed by atoms with Crippen molar-refractivity contribution < 1.29 is 0 Å². The summed E-state index contributed by atoms with van der Waals surface area (Å²) in [6.45, 7) is 2.43. The number of hydrogen-bond donors (Lipinski definition) is 0. The Hall–Kier alpha value is 0. The van der Waals surface area contributed by atoms with Crippen molar-refractivity contribution in [1.29, 1.82) is 0 Å². The molecule has 0 aromatic carbocycles. The van der Waals surface area contributed by atoms with Gasteiger partial charge in [-0.3, -0.25) is 0 Å². The van der Waals surface area contributed by atoms with Gasteiger partial charge in [-0.15, -0.1) is 0 Å². The molecule has 0 heterocycles. The monoisotopic (exact) mass is 122 g/mol. The highest BCUT2D eigenvalue weighted by Gasteiger charge is 2.69. The van der Waals surface area contributed by atoms with Crippen LogP contribution in [0.25, 0.3) is 0 Å². The molecule has 1 spiro atoms. The van der Waals surface area contributed by atoms with Gasteiger partial charge in [0.15, 0.2) is 0 Å². The van der Waals surface area contributed by atoms with E-state index >= 15 is 0 Å². The van der Waals surface area contributed by atoms with Crippen molar-refractivity contribution in [3.63, 3.8) is 0 Å². The lowest BCUT2D eigenvalue weighted by Crippen LogP contribution is -2.21. The highest BCUT2D eigenvalue weighted by atomic mass is 14.7. The van der Waals surface area contributed by atoms with E-state index in [9.17, 15) is 0 Å². The summed E-state index contributed by atoms with van der Waals surface area (Å²) in [4.78, 5) is 0. The van der Waals surface area contributed by atoms with Crippen LogP contribution in [0.15, 0.2) is 0 Å². The SMILES string of the molecule is CC1CC2CC3CC23C1. The fourth-order valence-electron chi connectivity index (χ4n) is 3.60. The van der Waals surface area contributed by atoms with Crippen LogP contribution in [0.4, 0.5) is 0 Å². The van der Waals surface area contributed by atoms with Gasteiger partial charge in [0.2, 0.25) is 0 Å². The fourth-order valence-corrected chi connectivity index (χ4v) is 3.60. The summed E-state index contributed by atoms with van der Waals surface area (Å²) < 4.78 is 0. The molecule has 0 radical (unpaired) electrons. The first-order valence-electron chi connectivity index (χ1n) is 4.31. The molecule has 0 N–H and O–H groups in total. The van der Waals surface area contributed by atoms with Gasteiger partial charge >= 0.3 is 0 Å². The van der Waals surface area contributed by atoms with E-state index in [1.165, 1.54) is 11.8 Å². The standard InChI is InChI=1S/C9H14/c1-6-2-7-3-8-5-9(7,8)4-6/h6-8H,2-5H2,1H3. The van der Waals surface area contributed by atoms with Gasteiger partial charge in [0.05, 0.1) is 0 Å². The van der Waals surface area contributed by atoms with Gasteiger partial charge in [-0.1, -0.05) is 6.92 Å². The predicted molar refractivity (Wildman–Crippen MR) is 37.0 cm³/mol. The Kier molecular flexibility index (Phi) is 0.574. The Morgan fingerprint density at radius 3 is 2.44 bits per heavy atom. The molecule has 0 aliphatic heterocycles. The fraction of sp³-hybridized carbons (Fsp3) is 1.00. The lowest BCUT2D eigenvalue weighted by molar-refractivity contribution is 0.200. The van der Waals surface area contributed by atoms with Crippen LogP contribution in [0, 0.1) is 23.2 Å². The topological polar surface area (TPSA) is 0 Å². The van der Waals surface area contributed by atoms with Crippen LogP contribution >= 0.6 is 0 Å². The molecular weight excluding hydrogens is 108 g/mol. The molecule has 4 unspecified atom stereocenters. The lowest BCUT2D eigenvalue weighted by atomic mass is 9.76. The molecule has 3 rings (SSSR count). The molecule has 4 atom stereocenters. The predicted octanol–water partition coefficient (Wildman–Crippen LogP) is 2.44. The van der Waals surface area contributed by atoms with Crippen molar-refractivity contribution in [2.45, 2.75) is 32.6 Å². The molecule has 0 amide bonds. The maximum absolute atomic E-state index is 2.43. The highest BCUT2D eigenvalue weighted by Crippen LogP contribution is 2.78. The second kappa shape index (κ2) is 1.09. The maximum Gasteiger partial charge on any atom is -0.0235 e. The third kappa shape index (κ3) is 0.367. The largest absolute Gasteiger partial charge is 0.0625 e. The van der Waals surface area contributed by atoms with Gasteiger partial charge in [0, 0.05) is 0 Å². The molecule has 3 aliphatic rings. The molecule has 0 heteroatoms. The van der Waals surface area contributed by atoms with Gasteiger partial charge in [0.1, 0.15) is 0 Å². The minimum atomic E-state index is 0.972. The first kappa shape index (κ1) is 4.76. The second-order valence-corrected chi connectivity index (χ2v) is 4.61. The number of hydrogen-bond acceptors (Lipinski definition) is 0. The normalized spacial score (nSPS) is 68.3. The smallest absolute Gasteiger partial charge is 0.0235 e. The van der Waals surface area contributed by atoms with Crippen LogP contribution in [-0.2, 0) is 0 Å². The number of rotatable bonds is 0. The van der Waals surface area contributed by atoms with E-state index in [0.29, 0.717) is 0 Å². The molecule has 9 heavy (non-hydrogen) atoms. The van der Waals surface area contributed by atoms with Crippen molar-refractivity contribution in [2.75, 3.05) is 0 Å². The molecule has 0 bridgehead atoms. The highest BCUT2D eigenvalue weighted by molar-refractivity contribution is 5.19. The maximum atomic E-state index is 2.43. The van der Waals surface area contributed by atoms with Crippen LogP contribution in [0.5, 0.6) is 0 Å². The summed E-state index contributed by atoms with van der Waals surface area (Å²) >= 11 is 0. The summed E-state index contributed by atoms with van der Waals surface area (Å²) in [6, 6.07) is 0. The molecule has 3 saturated carbocycles. The van der Waals surface area contributed by atoms with Crippen molar-refractivity contribution in [1.82, 2.24) is 0 Å². The van der Waals surface area contributed by atoms with Gasteiger partial charge in [-0.25, -0.2) is 0 Å². The minimum absolute atomic E-state index is 0.972. The molecule has 3 fully saturated rings. The van der Waals surface area contributed by atoms with Gasteiger partial charge < -0.3 is 0 Å². The average molecular weight is 122 g/mol. The van der Waals surface area contributed by atoms with E-state index in [2.05, 4.69) is 6.92 Å². The van der Waals surface area contributed by atoms with Crippen LogP contribution in [0.2, 0.25) is 0 Å². The van der Waals surface area contributed by atoms with Gasteiger partial charge in [-0.05, 0) is 48.9 Å².